The topological polar surface area (TPSA) is 61.0 Å². The van der Waals surface area contributed by atoms with Crippen molar-refractivity contribution in [3.8, 4) is 0 Å². The number of piperidine rings is 1. The van der Waals surface area contributed by atoms with E-state index in [-0.39, 0.29) is 5.92 Å². The molecule has 142 valence electrons. The number of hydrogen-bond acceptors (Lipinski definition) is 3. The van der Waals surface area contributed by atoms with Gasteiger partial charge in [-0.15, -0.1) is 0 Å². The molecule has 5 heteroatoms. The number of hydrogen-bond donors (Lipinski definition) is 2. The number of nitrogens with one attached hydrogen (secondary N) is 2. The molecule has 0 aromatic carbocycles. The lowest BCUT2D eigenvalue weighted by Crippen LogP contribution is -2.37. The highest BCUT2D eigenvalue weighted by molar-refractivity contribution is 5.82. The molecule has 1 atom stereocenters. The Balaban J connectivity index is 1.19. The van der Waals surface area contributed by atoms with E-state index in [1.54, 1.807) is 11.9 Å². The summed E-state index contributed by atoms with van der Waals surface area (Å²) in [6, 6.07) is 0. The number of likely N-dealkylation sites (tertiary alicyclic amines) is 1. The smallest absolute Gasteiger partial charge is 0.223 e. The zero-order chi connectivity index (χ0) is 18.0. The third-order valence-electron chi connectivity index (χ3n) is 6.80. The van der Waals surface area contributed by atoms with Crippen LogP contribution in [-0.4, -0.2) is 40.4 Å². The summed E-state index contributed by atoms with van der Waals surface area (Å²) >= 11 is 0. The summed E-state index contributed by atoms with van der Waals surface area (Å²) in [5.74, 6) is 0.565. The quantitative estimate of drug-likeness (QED) is 0.769. The molecule has 2 N–H and O–H groups in total. The molecule has 1 saturated heterocycles. The van der Waals surface area contributed by atoms with Crippen molar-refractivity contribution in [1.29, 1.82) is 0 Å². The average molecular weight is 357 g/mol. The maximum Gasteiger partial charge on any atom is 0.223 e. The Morgan fingerprint density at radius 1 is 1.38 bits per heavy atom. The van der Waals surface area contributed by atoms with E-state index in [4.69, 9.17) is 0 Å². The molecule has 2 aliphatic carbocycles. The van der Waals surface area contributed by atoms with Crippen molar-refractivity contribution in [3.63, 3.8) is 0 Å². The number of H-pyrrole nitrogens is 1. The SMILES string of the molecule is Cc1[nH]cnc1CN1CCC2(CC1)C[C@@H]2C(=O)NCCC1=CCCCC1. The van der Waals surface area contributed by atoms with Gasteiger partial charge in [0.25, 0.3) is 0 Å². The average Bonchev–Trinajstić information content (AvgIpc) is 3.22. The molecule has 2 fully saturated rings. The summed E-state index contributed by atoms with van der Waals surface area (Å²) in [4.78, 5) is 22.6. The number of aromatic amines is 1. The highest BCUT2D eigenvalue weighted by Crippen LogP contribution is 2.59. The lowest BCUT2D eigenvalue weighted by Gasteiger charge is -2.32. The first-order valence-corrected chi connectivity index (χ1v) is 10.3. The first-order chi connectivity index (χ1) is 12.7. The Morgan fingerprint density at radius 2 is 2.23 bits per heavy atom. The zero-order valence-electron chi connectivity index (χ0n) is 16.0. The van der Waals surface area contributed by atoms with Gasteiger partial charge in [-0.3, -0.25) is 9.69 Å². The van der Waals surface area contributed by atoms with Crippen LogP contribution in [0.25, 0.3) is 0 Å². The molecular formula is C21H32N4O. The largest absolute Gasteiger partial charge is 0.356 e. The van der Waals surface area contributed by atoms with Crippen molar-refractivity contribution in [2.75, 3.05) is 19.6 Å². The van der Waals surface area contributed by atoms with Crippen molar-refractivity contribution >= 4 is 5.91 Å². The number of rotatable bonds is 6. The second-order valence-corrected chi connectivity index (χ2v) is 8.52. The van der Waals surface area contributed by atoms with Crippen LogP contribution in [0.2, 0.25) is 0 Å². The van der Waals surface area contributed by atoms with Crippen molar-refractivity contribution in [2.45, 2.75) is 64.8 Å². The van der Waals surface area contributed by atoms with E-state index >= 15 is 0 Å². The summed E-state index contributed by atoms with van der Waals surface area (Å²) in [7, 11) is 0. The fourth-order valence-corrected chi connectivity index (χ4v) is 4.79. The maximum atomic E-state index is 12.5. The van der Waals surface area contributed by atoms with E-state index in [1.807, 2.05) is 0 Å². The molecule has 0 bridgehead atoms. The van der Waals surface area contributed by atoms with Crippen LogP contribution >= 0.6 is 0 Å². The third-order valence-corrected chi connectivity index (χ3v) is 6.80. The van der Waals surface area contributed by atoms with E-state index in [2.05, 4.69) is 33.2 Å². The first-order valence-electron chi connectivity index (χ1n) is 10.3. The fourth-order valence-electron chi connectivity index (χ4n) is 4.79. The summed E-state index contributed by atoms with van der Waals surface area (Å²) < 4.78 is 0. The minimum Gasteiger partial charge on any atom is -0.356 e. The molecular weight excluding hydrogens is 324 g/mol. The Hall–Kier alpha value is -1.62. The molecule has 1 aromatic heterocycles. The number of nitrogens with zero attached hydrogens (tertiary/aromatic N) is 2. The molecule has 0 unspecified atom stereocenters. The van der Waals surface area contributed by atoms with Gasteiger partial charge in [0, 0.05) is 24.7 Å². The van der Waals surface area contributed by atoms with Gasteiger partial charge in [0.2, 0.25) is 5.91 Å². The van der Waals surface area contributed by atoms with Crippen LogP contribution in [0, 0.1) is 18.3 Å². The zero-order valence-corrected chi connectivity index (χ0v) is 16.0. The molecule has 2 heterocycles. The van der Waals surface area contributed by atoms with E-state index in [0.29, 0.717) is 11.3 Å². The number of allylic oxidation sites excluding steroid dienone is 1. The molecule has 1 spiro atoms. The highest BCUT2D eigenvalue weighted by Gasteiger charge is 2.58. The van der Waals surface area contributed by atoms with E-state index in [9.17, 15) is 4.79 Å². The van der Waals surface area contributed by atoms with Gasteiger partial charge in [-0.05, 0) is 76.8 Å². The second kappa shape index (κ2) is 7.55. The number of carbonyl (C=O) groups excluding carboxylic acids is 1. The van der Waals surface area contributed by atoms with Gasteiger partial charge in [0.1, 0.15) is 0 Å². The number of imidazole rings is 1. The third kappa shape index (κ3) is 3.88. The van der Waals surface area contributed by atoms with E-state index in [0.717, 1.165) is 57.6 Å². The van der Waals surface area contributed by atoms with Crippen LogP contribution in [0.3, 0.4) is 0 Å². The van der Waals surface area contributed by atoms with Gasteiger partial charge < -0.3 is 10.3 Å². The van der Waals surface area contributed by atoms with Gasteiger partial charge >= 0.3 is 0 Å². The Morgan fingerprint density at radius 3 is 2.92 bits per heavy atom. The monoisotopic (exact) mass is 356 g/mol. The molecule has 1 saturated carbocycles. The predicted molar refractivity (Wildman–Crippen MR) is 103 cm³/mol. The first kappa shape index (κ1) is 17.8. The van der Waals surface area contributed by atoms with Crippen molar-refractivity contribution in [1.82, 2.24) is 20.2 Å². The predicted octanol–water partition coefficient (Wildman–Crippen LogP) is 3.33. The lowest BCUT2D eigenvalue weighted by atomic mass is 9.90. The molecule has 5 nitrogen and oxygen atoms in total. The molecule has 1 aromatic rings. The molecule has 1 aliphatic heterocycles. The van der Waals surface area contributed by atoms with Crippen LogP contribution in [0.5, 0.6) is 0 Å². The molecule has 26 heavy (non-hydrogen) atoms. The van der Waals surface area contributed by atoms with Gasteiger partial charge in [-0.25, -0.2) is 4.98 Å². The summed E-state index contributed by atoms with van der Waals surface area (Å²) in [6.45, 7) is 6.00. The summed E-state index contributed by atoms with van der Waals surface area (Å²) in [5.41, 5.74) is 4.17. The maximum absolute atomic E-state index is 12.5. The van der Waals surface area contributed by atoms with Crippen molar-refractivity contribution < 1.29 is 4.79 Å². The summed E-state index contributed by atoms with van der Waals surface area (Å²) in [5, 5.41) is 3.21. The van der Waals surface area contributed by atoms with E-state index < -0.39 is 0 Å². The fraction of sp³-hybridized carbons (Fsp3) is 0.714. The number of aromatic nitrogens is 2. The number of carbonyl (C=O) groups is 1. The minimum absolute atomic E-state index is 0.261. The standard InChI is InChI=1S/C21H32N4O/c1-16-19(24-15-23-16)14-25-11-8-21(9-12-25)13-18(21)20(26)22-10-7-17-5-3-2-4-6-17/h5,15,18H,2-4,6-14H2,1H3,(H,22,26)(H,23,24)/t18-/m1/s1. The number of amides is 1. The van der Waals surface area contributed by atoms with Gasteiger partial charge in [-0.2, -0.15) is 0 Å². The van der Waals surface area contributed by atoms with Crippen LogP contribution in [0.1, 0.15) is 62.8 Å². The summed E-state index contributed by atoms with van der Waals surface area (Å²) in [6.07, 6.45) is 13.7. The molecule has 3 aliphatic rings. The van der Waals surface area contributed by atoms with Gasteiger partial charge in [0.15, 0.2) is 0 Å². The van der Waals surface area contributed by atoms with Crippen LogP contribution in [-0.2, 0) is 11.3 Å². The highest BCUT2D eigenvalue weighted by atomic mass is 16.2. The molecule has 4 rings (SSSR count). The van der Waals surface area contributed by atoms with E-state index in [1.165, 1.54) is 31.4 Å². The normalized spacial score (nSPS) is 25.1. The van der Waals surface area contributed by atoms with Gasteiger partial charge in [-0.1, -0.05) is 11.6 Å². The van der Waals surface area contributed by atoms with Gasteiger partial charge in [0.05, 0.1) is 12.0 Å². The molecule has 1 amide bonds. The number of aryl methyl sites for hydroxylation is 1. The molecule has 0 radical (unpaired) electrons. The minimum atomic E-state index is 0.261. The van der Waals surface area contributed by atoms with Crippen LogP contribution < -0.4 is 5.32 Å². The van der Waals surface area contributed by atoms with Crippen molar-refractivity contribution in [3.05, 3.63) is 29.4 Å². The lowest BCUT2D eigenvalue weighted by molar-refractivity contribution is -0.123. The van der Waals surface area contributed by atoms with Crippen LogP contribution in [0.4, 0.5) is 0 Å². The Kier molecular flexibility index (Phi) is 5.16. The van der Waals surface area contributed by atoms with Crippen molar-refractivity contribution in [2.24, 2.45) is 11.3 Å². The Bertz CT molecular complexity index is 669. The Labute approximate surface area is 156 Å². The second-order valence-electron chi connectivity index (χ2n) is 8.52. The van der Waals surface area contributed by atoms with Crippen LogP contribution in [0.15, 0.2) is 18.0 Å².